The summed E-state index contributed by atoms with van der Waals surface area (Å²) in [7, 11) is -3.38. The van der Waals surface area contributed by atoms with Gasteiger partial charge in [0.2, 0.25) is 11.8 Å². The van der Waals surface area contributed by atoms with Crippen molar-refractivity contribution in [2.24, 2.45) is 17.6 Å². The molecule has 1 aliphatic heterocycles. The van der Waals surface area contributed by atoms with Crippen molar-refractivity contribution in [1.29, 1.82) is 0 Å². The van der Waals surface area contributed by atoms with Crippen molar-refractivity contribution in [3.05, 3.63) is 54.1 Å². The third kappa shape index (κ3) is 5.05. The molecule has 1 saturated carbocycles. The van der Waals surface area contributed by atoms with E-state index in [-0.39, 0.29) is 23.3 Å². The molecule has 1 heterocycles. The van der Waals surface area contributed by atoms with Crippen LogP contribution in [0.2, 0.25) is 0 Å². The Balaban J connectivity index is 1.57. The maximum Gasteiger partial charge on any atom is 0.407 e. The summed E-state index contributed by atoms with van der Waals surface area (Å²) in [5, 5.41) is 4.51. The number of halogens is 3. The molecule has 0 spiro atoms. The molecule has 37 heavy (non-hydrogen) atoms. The minimum Gasteiger partial charge on any atom is -0.318 e. The van der Waals surface area contributed by atoms with Gasteiger partial charge in [0.1, 0.15) is 6.04 Å². The summed E-state index contributed by atoms with van der Waals surface area (Å²) in [6, 6.07) is 8.04. The SMILES string of the molecule is CC1C[C@H](N[C@@H](c2ccc(-c3ccc(S(C)(=O)=O)cc3)cc2)C(F)(F)F)C(=O)[C@@]1(N)C1CC(=O)NC1=O. The van der Waals surface area contributed by atoms with Crippen molar-refractivity contribution in [1.82, 2.24) is 10.6 Å². The van der Waals surface area contributed by atoms with Crippen molar-refractivity contribution >= 4 is 27.4 Å². The Kier molecular flexibility index (Phi) is 6.80. The van der Waals surface area contributed by atoms with Gasteiger partial charge in [0.15, 0.2) is 15.6 Å². The van der Waals surface area contributed by atoms with E-state index in [9.17, 15) is 36.0 Å². The lowest BCUT2D eigenvalue weighted by atomic mass is 9.75. The molecule has 12 heteroatoms. The summed E-state index contributed by atoms with van der Waals surface area (Å²) in [5.41, 5.74) is 5.62. The van der Waals surface area contributed by atoms with Crippen molar-refractivity contribution in [2.75, 3.05) is 6.26 Å². The maximum atomic E-state index is 14.1. The van der Waals surface area contributed by atoms with Crippen LogP contribution in [0.25, 0.3) is 11.1 Å². The van der Waals surface area contributed by atoms with Crippen LogP contribution in [0.4, 0.5) is 13.2 Å². The molecule has 2 aromatic carbocycles. The fourth-order valence-electron chi connectivity index (χ4n) is 5.14. The van der Waals surface area contributed by atoms with Gasteiger partial charge in [0.05, 0.1) is 22.4 Å². The van der Waals surface area contributed by atoms with Gasteiger partial charge >= 0.3 is 6.18 Å². The van der Waals surface area contributed by atoms with Crippen LogP contribution in [-0.2, 0) is 24.2 Å². The normalized spacial score (nSPS) is 27.4. The first-order chi connectivity index (χ1) is 17.1. The van der Waals surface area contributed by atoms with E-state index in [0.29, 0.717) is 11.1 Å². The van der Waals surface area contributed by atoms with Crippen LogP contribution in [0.15, 0.2) is 53.4 Å². The summed E-state index contributed by atoms with van der Waals surface area (Å²) < 4.78 is 65.6. The third-order valence-electron chi connectivity index (χ3n) is 7.25. The zero-order chi connectivity index (χ0) is 27.3. The second-order valence-electron chi connectivity index (χ2n) is 9.72. The number of sulfone groups is 1. The molecule has 0 radical (unpaired) electrons. The number of Topliss-reactive ketones (excluding diaryl/α,β-unsaturated/α-hetero) is 1. The molecule has 198 valence electrons. The molecule has 1 saturated heterocycles. The number of ketones is 1. The first-order valence-electron chi connectivity index (χ1n) is 11.5. The molecular weight excluding hydrogens is 511 g/mol. The lowest BCUT2D eigenvalue weighted by Crippen LogP contribution is -2.59. The molecule has 2 amide bonds. The topological polar surface area (TPSA) is 135 Å². The molecule has 0 bridgehead atoms. The monoisotopic (exact) mass is 537 g/mol. The molecule has 2 aliphatic rings. The molecule has 5 atom stereocenters. The number of carbonyl (C=O) groups is 3. The Morgan fingerprint density at radius 1 is 1.03 bits per heavy atom. The number of nitrogens with one attached hydrogen (secondary N) is 2. The van der Waals surface area contributed by atoms with Crippen LogP contribution in [0.3, 0.4) is 0 Å². The van der Waals surface area contributed by atoms with Gasteiger partial charge in [0.25, 0.3) is 0 Å². The van der Waals surface area contributed by atoms with Crippen LogP contribution >= 0.6 is 0 Å². The highest BCUT2D eigenvalue weighted by atomic mass is 32.2. The van der Waals surface area contributed by atoms with Crippen molar-refractivity contribution in [2.45, 2.75) is 48.5 Å². The average molecular weight is 538 g/mol. The van der Waals surface area contributed by atoms with Gasteiger partial charge in [0, 0.05) is 12.7 Å². The molecular formula is C25H26F3N3O5S. The van der Waals surface area contributed by atoms with Crippen LogP contribution in [-0.4, -0.2) is 50.0 Å². The summed E-state index contributed by atoms with van der Waals surface area (Å²) in [6.07, 6.45) is -3.98. The zero-order valence-electron chi connectivity index (χ0n) is 20.0. The molecule has 1 aliphatic carbocycles. The summed E-state index contributed by atoms with van der Waals surface area (Å²) in [4.78, 5) is 37.2. The number of hydrogen-bond acceptors (Lipinski definition) is 7. The fraction of sp³-hybridized carbons (Fsp3) is 0.400. The number of hydrogen-bond donors (Lipinski definition) is 3. The summed E-state index contributed by atoms with van der Waals surface area (Å²) in [6.45, 7) is 1.59. The first kappa shape index (κ1) is 27.0. The standard InChI is InChI=1S/C25H26F3N3O5S/c1-13-11-19(22(33)24(13,29)18-12-20(32)31-23(18)34)30-21(25(26,27)28)16-5-3-14(4-6-16)15-7-9-17(10-8-15)37(2,35)36/h3-10,13,18-19,21,30H,11-12,29H2,1-2H3,(H,31,32,34)/t13?,18?,19-,21-,24-/m0/s1. The fourth-order valence-corrected chi connectivity index (χ4v) is 5.77. The summed E-state index contributed by atoms with van der Waals surface area (Å²) >= 11 is 0. The second kappa shape index (κ2) is 9.34. The second-order valence-corrected chi connectivity index (χ2v) is 11.7. The van der Waals surface area contributed by atoms with E-state index in [2.05, 4.69) is 10.6 Å². The number of amides is 2. The third-order valence-corrected chi connectivity index (χ3v) is 8.38. The minimum absolute atomic E-state index is 0.0232. The predicted molar refractivity (Wildman–Crippen MR) is 128 cm³/mol. The highest BCUT2D eigenvalue weighted by Crippen LogP contribution is 2.42. The van der Waals surface area contributed by atoms with Crippen molar-refractivity contribution < 1.29 is 36.0 Å². The minimum atomic E-state index is -4.75. The molecule has 2 unspecified atom stereocenters. The van der Waals surface area contributed by atoms with Gasteiger partial charge < -0.3 is 5.73 Å². The molecule has 4 N–H and O–H groups in total. The highest BCUT2D eigenvalue weighted by molar-refractivity contribution is 7.90. The number of nitrogens with two attached hydrogens (primary N) is 1. The van der Waals surface area contributed by atoms with E-state index in [1.807, 2.05) is 0 Å². The van der Waals surface area contributed by atoms with Crippen LogP contribution in [0.1, 0.15) is 31.4 Å². The van der Waals surface area contributed by atoms with E-state index >= 15 is 0 Å². The molecule has 8 nitrogen and oxygen atoms in total. The zero-order valence-corrected chi connectivity index (χ0v) is 20.8. The predicted octanol–water partition coefficient (Wildman–Crippen LogP) is 2.29. The average Bonchev–Trinajstić information content (AvgIpc) is 3.27. The molecule has 2 aromatic rings. The largest absolute Gasteiger partial charge is 0.407 e. The van der Waals surface area contributed by atoms with E-state index in [4.69, 9.17) is 5.73 Å². The van der Waals surface area contributed by atoms with E-state index in [0.717, 1.165) is 6.26 Å². The smallest absolute Gasteiger partial charge is 0.318 e. The van der Waals surface area contributed by atoms with E-state index in [1.165, 1.54) is 36.4 Å². The highest BCUT2D eigenvalue weighted by Gasteiger charge is 2.60. The van der Waals surface area contributed by atoms with Crippen LogP contribution in [0, 0.1) is 11.8 Å². The van der Waals surface area contributed by atoms with Crippen LogP contribution < -0.4 is 16.4 Å². The van der Waals surface area contributed by atoms with Crippen molar-refractivity contribution in [3.63, 3.8) is 0 Å². The number of carbonyl (C=O) groups excluding carboxylic acids is 3. The Morgan fingerprint density at radius 2 is 1.57 bits per heavy atom. The van der Waals surface area contributed by atoms with Crippen LogP contribution in [0.5, 0.6) is 0 Å². The number of imide groups is 1. The van der Waals surface area contributed by atoms with Crippen molar-refractivity contribution in [3.8, 4) is 11.1 Å². The van der Waals surface area contributed by atoms with Gasteiger partial charge in [-0.25, -0.2) is 8.42 Å². The first-order valence-corrected chi connectivity index (χ1v) is 13.4. The van der Waals surface area contributed by atoms with E-state index in [1.54, 1.807) is 19.1 Å². The molecule has 0 aromatic heterocycles. The van der Waals surface area contributed by atoms with Gasteiger partial charge in [-0.15, -0.1) is 0 Å². The maximum absolute atomic E-state index is 14.1. The van der Waals surface area contributed by atoms with Gasteiger partial charge in [-0.1, -0.05) is 43.3 Å². The lowest BCUT2D eigenvalue weighted by molar-refractivity contribution is -0.160. The number of benzene rings is 2. The van der Waals surface area contributed by atoms with E-state index < -0.39 is 63.1 Å². The Labute approximate surface area is 211 Å². The lowest BCUT2D eigenvalue weighted by Gasteiger charge is -2.32. The Morgan fingerprint density at radius 3 is 2.03 bits per heavy atom. The van der Waals surface area contributed by atoms with Gasteiger partial charge in [-0.2, -0.15) is 13.2 Å². The van der Waals surface area contributed by atoms with Gasteiger partial charge in [-0.05, 0) is 41.2 Å². The Hall–Kier alpha value is -3.09. The molecule has 2 fully saturated rings. The number of rotatable bonds is 6. The molecule has 4 rings (SSSR count). The number of alkyl halides is 3. The Bertz CT molecular complexity index is 1340. The summed E-state index contributed by atoms with van der Waals surface area (Å²) in [5.74, 6) is -3.76. The quantitative estimate of drug-likeness (QED) is 0.481. The van der Waals surface area contributed by atoms with Gasteiger partial charge in [-0.3, -0.25) is 25.0 Å².